The lowest BCUT2D eigenvalue weighted by Crippen LogP contribution is -2.63. The van der Waals surface area contributed by atoms with Gasteiger partial charge >= 0.3 is 0 Å². The normalized spacial score (nSPS) is 29.7. The number of rotatable bonds is 3. The molecule has 3 nitrogen and oxygen atoms in total. The molecule has 124 valence electrons. The van der Waals surface area contributed by atoms with Crippen LogP contribution in [0.4, 0.5) is 0 Å². The van der Waals surface area contributed by atoms with Gasteiger partial charge in [-0.15, -0.1) is 0 Å². The molecule has 0 aromatic heterocycles. The van der Waals surface area contributed by atoms with E-state index < -0.39 is 0 Å². The second-order valence-corrected chi connectivity index (χ2v) is 4.87. The molecule has 1 fully saturated rings. The van der Waals surface area contributed by atoms with E-state index in [0.717, 1.165) is 12.0 Å². The summed E-state index contributed by atoms with van der Waals surface area (Å²) in [5.74, 6) is 0.436. The van der Waals surface area contributed by atoms with Crippen LogP contribution in [0, 0.1) is 11.8 Å². The average Bonchev–Trinajstić information content (AvgIpc) is 2.56. The van der Waals surface area contributed by atoms with E-state index in [4.69, 9.17) is 0 Å². The molecule has 4 atom stereocenters. The summed E-state index contributed by atoms with van der Waals surface area (Å²) in [6.07, 6.45) is 10.3. The number of nitrogens with one attached hydrogen (secondary N) is 2. The summed E-state index contributed by atoms with van der Waals surface area (Å²) in [5, 5.41) is 6.49. The van der Waals surface area contributed by atoms with Crippen LogP contribution in [0.15, 0.2) is 49.1 Å². The van der Waals surface area contributed by atoms with Crippen molar-refractivity contribution in [3.63, 3.8) is 0 Å². The van der Waals surface area contributed by atoms with E-state index in [2.05, 4.69) is 42.9 Å². The van der Waals surface area contributed by atoms with Crippen LogP contribution >= 0.6 is 0 Å². The molecule has 1 saturated heterocycles. The summed E-state index contributed by atoms with van der Waals surface area (Å²) in [5.41, 5.74) is 0.944. The summed E-state index contributed by atoms with van der Waals surface area (Å²) in [6, 6.07) is 0.205. The highest BCUT2D eigenvalue weighted by Crippen LogP contribution is 2.28. The molecule has 0 saturated carbocycles. The number of hydrogen-bond acceptors (Lipinski definition) is 2. The molecule has 22 heavy (non-hydrogen) atoms. The lowest BCUT2D eigenvalue weighted by molar-refractivity contribution is -0.130. The number of amides is 1. The predicted molar refractivity (Wildman–Crippen MR) is 96.4 cm³/mol. The van der Waals surface area contributed by atoms with E-state index in [1.54, 1.807) is 12.2 Å². The number of allylic oxidation sites excluding steroid dienone is 3. The molecule has 2 N–H and O–H groups in total. The highest BCUT2D eigenvalue weighted by atomic mass is 16.2. The van der Waals surface area contributed by atoms with Crippen molar-refractivity contribution in [2.24, 2.45) is 11.8 Å². The van der Waals surface area contributed by atoms with Crippen molar-refractivity contribution >= 4 is 5.91 Å². The van der Waals surface area contributed by atoms with Gasteiger partial charge in [0.05, 0.1) is 5.92 Å². The Morgan fingerprint density at radius 1 is 1.27 bits per heavy atom. The number of carbonyl (C=O) groups is 1. The molecule has 0 radical (unpaired) electrons. The molecule has 2 rings (SSSR count). The third-order valence-corrected chi connectivity index (χ3v) is 3.68. The van der Waals surface area contributed by atoms with E-state index in [1.807, 2.05) is 33.8 Å². The second kappa shape index (κ2) is 11.0. The van der Waals surface area contributed by atoms with Crippen molar-refractivity contribution in [3.05, 3.63) is 49.1 Å². The minimum Gasteiger partial charge on any atom is -0.336 e. The maximum absolute atomic E-state index is 12.2. The molecule has 0 aromatic rings. The quantitative estimate of drug-likeness (QED) is 0.612. The first-order valence-corrected chi connectivity index (χ1v) is 8.35. The highest BCUT2D eigenvalue weighted by molar-refractivity contribution is 5.82. The van der Waals surface area contributed by atoms with Crippen LogP contribution in [0.2, 0.25) is 0 Å². The van der Waals surface area contributed by atoms with E-state index >= 15 is 0 Å². The molecule has 1 heterocycles. The summed E-state index contributed by atoms with van der Waals surface area (Å²) >= 11 is 0. The minimum atomic E-state index is -0.159. The van der Waals surface area contributed by atoms with Gasteiger partial charge < -0.3 is 5.32 Å². The molecule has 2 aliphatic rings. The summed E-state index contributed by atoms with van der Waals surface area (Å²) in [7, 11) is 0. The van der Waals surface area contributed by atoms with Crippen molar-refractivity contribution < 1.29 is 4.79 Å². The van der Waals surface area contributed by atoms with Gasteiger partial charge in [-0.2, -0.15) is 0 Å². The maximum Gasteiger partial charge on any atom is 0.226 e. The average molecular weight is 304 g/mol. The van der Waals surface area contributed by atoms with E-state index in [9.17, 15) is 4.79 Å². The van der Waals surface area contributed by atoms with Gasteiger partial charge in [0.1, 0.15) is 6.17 Å². The Labute approximate surface area is 136 Å². The topological polar surface area (TPSA) is 41.1 Å². The van der Waals surface area contributed by atoms with E-state index in [0.29, 0.717) is 0 Å². The van der Waals surface area contributed by atoms with Crippen molar-refractivity contribution in [3.8, 4) is 0 Å². The first kappa shape index (κ1) is 20.4. The summed E-state index contributed by atoms with van der Waals surface area (Å²) in [6.45, 7) is 17.5. The zero-order chi connectivity index (χ0) is 17.1. The molecule has 1 amide bonds. The lowest BCUT2D eigenvalue weighted by Gasteiger charge is -2.41. The van der Waals surface area contributed by atoms with Crippen molar-refractivity contribution in [2.45, 2.75) is 53.2 Å². The smallest absolute Gasteiger partial charge is 0.226 e. The third kappa shape index (κ3) is 4.99. The van der Waals surface area contributed by atoms with Gasteiger partial charge in [0.2, 0.25) is 5.91 Å². The van der Waals surface area contributed by atoms with Crippen molar-refractivity contribution in [1.82, 2.24) is 10.6 Å². The SMILES string of the molecule is C=C/C=C(\C=C)C1NC(=O)C2C(C)C=CCC2N1.CC.CC. The Balaban J connectivity index is 0.00000102. The molecule has 1 aliphatic carbocycles. The molecule has 1 aliphatic heterocycles. The van der Waals surface area contributed by atoms with Crippen LogP contribution < -0.4 is 10.6 Å². The van der Waals surface area contributed by atoms with Crippen LogP contribution in [0.3, 0.4) is 0 Å². The van der Waals surface area contributed by atoms with E-state index in [-0.39, 0.29) is 30.0 Å². The monoisotopic (exact) mass is 304 g/mol. The second-order valence-electron chi connectivity index (χ2n) is 4.87. The zero-order valence-corrected chi connectivity index (χ0v) is 14.7. The molecule has 0 spiro atoms. The lowest BCUT2D eigenvalue weighted by atomic mass is 9.79. The highest BCUT2D eigenvalue weighted by Gasteiger charge is 2.39. The predicted octanol–water partition coefficient (Wildman–Crippen LogP) is 3.96. The van der Waals surface area contributed by atoms with Gasteiger partial charge in [-0.1, -0.05) is 78.2 Å². The molecular weight excluding hydrogens is 272 g/mol. The number of fused-ring (bicyclic) bond motifs is 1. The maximum atomic E-state index is 12.2. The molecule has 0 bridgehead atoms. The fourth-order valence-electron chi connectivity index (χ4n) is 2.76. The Morgan fingerprint density at radius 3 is 2.45 bits per heavy atom. The van der Waals surface area contributed by atoms with Crippen LogP contribution in [0.5, 0.6) is 0 Å². The molecule has 3 heteroatoms. The van der Waals surface area contributed by atoms with Gasteiger partial charge in [0, 0.05) is 6.04 Å². The summed E-state index contributed by atoms with van der Waals surface area (Å²) in [4.78, 5) is 12.2. The first-order chi connectivity index (χ1) is 10.7. The van der Waals surface area contributed by atoms with Crippen LogP contribution in [-0.2, 0) is 4.79 Å². The van der Waals surface area contributed by atoms with Crippen molar-refractivity contribution in [1.29, 1.82) is 0 Å². The van der Waals surface area contributed by atoms with Gasteiger partial charge in [-0.25, -0.2) is 0 Å². The summed E-state index contributed by atoms with van der Waals surface area (Å²) < 4.78 is 0. The first-order valence-electron chi connectivity index (χ1n) is 8.35. The minimum absolute atomic E-state index is 0.0287. The van der Waals surface area contributed by atoms with Gasteiger partial charge in [-0.05, 0) is 17.9 Å². The Hall–Kier alpha value is -1.61. The molecule has 4 unspecified atom stereocenters. The van der Waals surface area contributed by atoms with E-state index in [1.165, 1.54) is 0 Å². The Kier molecular flexibility index (Phi) is 10.2. The van der Waals surface area contributed by atoms with Gasteiger partial charge in [-0.3, -0.25) is 10.1 Å². The van der Waals surface area contributed by atoms with Gasteiger partial charge in [0.15, 0.2) is 0 Å². The Bertz CT molecular complexity index is 423. The fourth-order valence-corrected chi connectivity index (χ4v) is 2.76. The largest absolute Gasteiger partial charge is 0.336 e. The third-order valence-electron chi connectivity index (χ3n) is 3.68. The van der Waals surface area contributed by atoms with Crippen LogP contribution in [0.25, 0.3) is 0 Å². The molecular formula is C19H32N2O. The van der Waals surface area contributed by atoms with Crippen molar-refractivity contribution in [2.75, 3.05) is 0 Å². The fraction of sp³-hybridized carbons (Fsp3) is 0.526. The zero-order valence-electron chi connectivity index (χ0n) is 14.7. The molecule has 0 aromatic carbocycles. The van der Waals surface area contributed by atoms with Crippen LogP contribution in [-0.4, -0.2) is 18.1 Å². The number of carbonyl (C=O) groups excluding carboxylic acids is 1. The van der Waals surface area contributed by atoms with Gasteiger partial charge in [0.25, 0.3) is 0 Å². The Morgan fingerprint density at radius 2 is 1.91 bits per heavy atom. The standard InChI is InChI=1S/C15H20N2O.2C2H6/c1-4-7-11(5-2)14-16-12-9-6-8-10(3)13(12)15(18)17-14;2*1-2/h4-8,10,12-14,16H,1-2,9H2,3H3,(H,17,18);2*1-2H3/b11-7+;;. The van der Waals surface area contributed by atoms with Crippen LogP contribution in [0.1, 0.15) is 41.0 Å². The number of hydrogen-bond donors (Lipinski definition) is 2.